The van der Waals surface area contributed by atoms with E-state index in [9.17, 15) is 10.1 Å². The number of aromatic nitrogens is 2. The molecule has 0 spiro atoms. The molecule has 9 heteroatoms. The van der Waals surface area contributed by atoms with Crippen molar-refractivity contribution in [3.05, 3.63) is 51.9 Å². The van der Waals surface area contributed by atoms with E-state index in [1.54, 1.807) is 12.1 Å². The normalized spacial score (nSPS) is 15.1. The second-order valence-corrected chi connectivity index (χ2v) is 10.6. The topological polar surface area (TPSA) is 94.4 Å². The Kier molecular flexibility index (Phi) is 9.00. The number of hydrogen-bond acceptors (Lipinski definition) is 7. The van der Waals surface area contributed by atoms with Gasteiger partial charge in [-0.05, 0) is 70.9 Å². The predicted molar refractivity (Wildman–Crippen MR) is 135 cm³/mol. The lowest BCUT2D eigenvalue weighted by Gasteiger charge is -2.32. The van der Waals surface area contributed by atoms with E-state index in [4.69, 9.17) is 4.74 Å². The second kappa shape index (κ2) is 11.7. The Labute approximate surface area is 210 Å². The van der Waals surface area contributed by atoms with Gasteiger partial charge in [0, 0.05) is 32.0 Å². The molecule has 0 saturated carbocycles. The monoisotopic (exact) mass is 528 g/mol. The van der Waals surface area contributed by atoms with Gasteiger partial charge in [0.1, 0.15) is 6.07 Å². The minimum atomic E-state index is -0.228. The maximum absolute atomic E-state index is 13.1. The Morgan fingerprint density at radius 3 is 2.56 bits per heavy atom. The number of piperidine rings is 1. The molecule has 0 bridgehead atoms. The van der Waals surface area contributed by atoms with E-state index in [1.807, 2.05) is 18.2 Å². The molecule has 0 atom stereocenters. The summed E-state index contributed by atoms with van der Waals surface area (Å²) in [5.74, 6) is 0.777. The number of nitriles is 1. The average Bonchev–Trinajstić information content (AvgIpc) is 2.82. The van der Waals surface area contributed by atoms with Crippen LogP contribution < -0.4 is 10.4 Å². The number of benzene rings is 1. The molecule has 0 unspecified atom stereocenters. The van der Waals surface area contributed by atoms with Gasteiger partial charge >= 0.3 is 0 Å². The number of amides is 1. The summed E-state index contributed by atoms with van der Waals surface area (Å²) in [5.41, 5.74) is 4.68. The lowest BCUT2D eigenvalue weighted by atomic mass is 9.89. The minimum absolute atomic E-state index is 0.0454. The number of methoxy groups -OCH3 is 1. The molecule has 34 heavy (non-hydrogen) atoms. The Hall–Kier alpha value is -2.54. The van der Waals surface area contributed by atoms with Crippen LogP contribution >= 0.6 is 15.9 Å². The molecule has 1 aromatic heterocycles. The Bertz CT molecular complexity index is 1010. The molecule has 1 aliphatic rings. The molecule has 1 aliphatic heterocycles. The van der Waals surface area contributed by atoms with Gasteiger partial charge in [-0.1, -0.05) is 32.9 Å². The van der Waals surface area contributed by atoms with Crippen LogP contribution in [-0.4, -0.2) is 60.7 Å². The third-order valence-electron chi connectivity index (χ3n) is 5.79. The number of carbonyl (C=O) groups excluding carboxylic acids is 1. The largest absolute Gasteiger partial charge is 0.383 e. The van der Waals surface area contributed by atoms with Crippen molar-refractivity contribution in [2.45, 2.75) is 39.5 Å². The quantitative estimate of drug-likeness (QED) is 0.514. The summed E-state index contributed by atoms with van der Waals surface area (Å²) in [6, 6.07) is 9.84. The first kappa shape index (κ1) is 26.1. The van der Waals surface area contributed by atoms with Gasteiger partial charge < -0.3 is 9.64 Å². The van der Waals surface area contributed by atoms with Crippen molar-refractivity contribution >= 4 is 27.7 Å². The van der Waals surface area contributed by atoms with Gasteiger partial charge in [0.2, 0.25) is 5.82 Å². The molecule has 1 saturated heterocycles. The van der Waals surface area contributed by atoms with Crippen LogP contribution in [0.2, 0.25) is 0 Å². The first-order valence-corrected chi connectivity index (χ1v) is 12.3. The second-order valence-electron chi connectivity index (χ2n) is 9.80. The van der Waals surface area contributed by atoms with Crippen molar-refractivity contribution in [1.29, 1.82) is 5.26 Å². The summed E-state index contributed by atoms with van der Waals surface area (Å²) in [6.07, 6.45) is 3.74. The van der Waals surface area contributed by atoms with Gasteiger partial charge in [0.05, 0.1) is 11.1 Å². The molecule has 1 N–H and O–H groups in total. The summed E-state index contributed by atoms with van der Waals surface area (Å²) >= 11 is 3.45. The van der Waals surface area contributed by atoms with Gasteiger partial charge in [0.15, 0.2) is 5.82 Å². The van der Waals surface area contributed by atoms with Crippen LogP contribution in [-0.2, 0) is 4.74 Å². The van der Waals surface area contributed by atoms with Crippen molar-refractivity contribution in [3.8, 4) is 6.07 Å². The predicted octanol–water partition coefficient (Wildman–Crippen LogP) is 4.13. The zero-order valence-electron chi connectivity index (χ0n) is 20.3. The van der Waals surface area contributed by atoms with Crippen molar-refractivity contribution in [3.63, 3.8) is 0 Å². The fraction of sp³-hybridized carbons (Fsp3) is 0.520. The Morgan fingerprint density at radius 2 is 1.97 bits per heavy atom. The van der Waals surface area contributed by atoms with Gasteiger partial charge in [-0.25, -0.2) is 4.98 Å². The molecule has 2 heterocycles. The molecule has 8 nitrogen and oxygen atoms in total. The summed E-state index contributed by atoms with van der Waals surface area (Å²) in [6.45, 7) is 10.6. The minimum Gasteiger partial charge on any atom is -0.383 e. The highest BCUT2D eigenvalue weighted by molar-refractivity contribution is 9.10. The first-order chi connectivity index (χ1) is 16.2. The van der Waals surface area contributed by atoms with Crippen LogP contribution in [0.4, 0.5) is 5.82 Å². The van der Waals surface area contributed by atoms with E-state index in [-0.39, 0.29) is 17.1 Å². The van der Waals surface area contributed by atoms with Crippen LogP contribution in [0.15, 0.2) is 34.9 Å². The van der Waals surface area contributed by atoms with E-state index >= 15 is 0 Å². The number of hydrogen-bond donors (Lipinski definition) is 1. The van der Waals surface area contributed by atoms with Gasteiger partial charge in [-0.15, -0.1) is 0 Å². The lowest BCUT2D eigenvalue weighted by Crippen LogP contribution is -2.47. The van der Waals surface area contributed by atoms with Crippen LogP contribution in [0.25, 0.3) is 0 Å². The highest BCUT2D eigenvalue weighted by Gasteiger charge is 2.24. The molecule has 0 aliphatic carbocycles. The number of anilines is 1. The van der Waals surface area contributed by atoms with E-state index in [2.05, 4.69) is 69.1 Å². The highest BCUT2D eigenvalue weighted by atomic mass is 79.9. The molecular weight excluding hydrogens is 496 g/mol. The molecule has 1 amide bonds. The number of nitrogens with one attached hydrogen (secondary N) is 1. The molecule has 182 valence electrons. The number of halogens is 1. The molecule has 1 fully saturated rings. The third kappa shape index (κ3) is 7.23. The van der Waals surface area contributed by atoms with E-state index in [1.165, 1.54) is 11.8 Å². The maximum atomic E-state index is 13.1. The molecular formula is C25H33BrN6O2. The Morgan fingerprint density at radius 1 is 1.29 bits per heavy atom. The number of nitrogens with zero attached hydrogens (tertiary/aromatic N) is 5. The zero-order chi connectivity index (χ0) is 24.7. The molecule has 2 aromatic rings. The average molecular weight is 529 g/mol. The SMILES string of the molecule is COCCN1CCC(c2ccc(C(=O)NN(CC(C)(C)C)c3nc(C#N)ncc3Br)cc2)CC1. The summed E-state index contributed by atoms with van der Waals surface area (Å²) in [5, 5.41) is 10.9. The first-order valence-electron chi connectivity index (χ1n) is 11.5. The fourth-order valence-electron chi connectivity index (χ4n) is 4.05. The van der Waals surface area contributed by atoms with Crippen LogP contribution in [0.5, 0.6) is 0 Å². The smallest absolute Gasteiger partial charge is 0.269 e. The zero-order valence-corrected chi connectivity index (χ0v) is 21.9. The van der Waals surface area contributed by atoms with Crippen molar-refractivity contribution in [2.24, 2.45) is 5.41 Å². The van der Waals surface area contributed by atoms with Crippen molar-refractivity contribution < 1.29 is 9.53 Å². The molecule has 3 rings (SSSR count). The number of carbonyl (C=O) groups is 1. The third-order valence-corrected chi connectivity index (χ3v) is 6.35. The summed E-state index contributed by atoms with van der Waals surface area (Å²) in [7, 11) is 1.74. The van der Waals surface area contributed by atoms with Gasteiger partial charge in [-0.2, -0.15) is 10.2 Å². The van der Waals surface area contributed by atoms with Crippen LogP contribution in [0, 0.1) is 16.7 Å². The van der Waals surface area contributed by atoms with E-state index < -0.39 is 0 Å². The van der Waals surface area contributed by atoms with Crippen LogP contribution in [0.1, 0.15) is 61.3 Å². The number of hydrazine groups is 1. The summed E-state index contributed by atoms with van der Waals surface area (Å²) < 4.78 is 5.79. The van der Waals surface area contributed by atoms with Crippen molar-refractivity contribution in [1.82, 2.24) is 20.3 Å². The highest BCUT2D eigenvalue weighted by Crippen LogP contribution is 2.29. The lowest BCUT2D eigenvalue weighted by molar-refractivity contribution is 0.0945. The fourth-order valence-corrected chi connectivity index (χ4v) is 4.45. The van der Waals surface area contributed by atoms with Crippen molar-refractivity contribution in [2.75, 3.05) is 44.9 Å². The van der Waals surface area contributed by atoms with E-state index in [0.29, 0.717) is 28.3 Å². The van der Waals surface area contributed by atoms with E-state index in [0.717, 1.165) is 39.1 Å². The summed E-state index contributed by atoms with van der Waals surface area (Å²) in [4.78, 5) is 23.8. The van der Waals surface area contributed by atoms with Crippen LogP contribution in [0.3, 0.4) is 0 Å². The Balaban J connectivity index is 1.70. The maximum Gasteiger partial charge on any atom is 0.269 e. The number of likely N-dealkylation sites (tertiary alicyclic amines) is 1. The number of ether oxygens (including phenoxy) is 1. The number of rotatable bonds is 8. The van der Waals surface area contributed by atoms with Gasteiger partial charge in [0.25, 0.3) is 5.91 Å². The standard InChI is InChI=1S/C25H33BrN6O2/c1-25(2,3)17-32(23-21(26)16-28-22(15-27)29-23)30-24(33)20-7-5-18(6-8-20)19-9-11-31(12-10-19)13-14-34-4/h5-8,16,19H,9-14,17H2,1-4H3,(H,30,33). The van der Waals surface area contributed by atoms with Gasteiger partial charge in [-0.3, -0.25) is 15.2 Å². The molecule has 1 aromatic carbocycles. The molecule has 0 radical (unpaired) electrons.